The van der Waals surface area contributed by atoms with E-state index in [2.05, 4.69) is 125 Å². The molecule has 0 saturated carbocycles. The quantitative estimate of drug-likeness (QED) is 0.162. The molecule has 212 valence electrons. The Bertz CT molecular complexity index is 1840. The van der Waals surface area contributed by atoms with Gasteiger partial charge < -0.3 is 15.3 Å². The number of benzene rings is 2. The molecule has 0 unspecified atom stereocenters. The number of aromatic nitrogens is 4. The van der Waals surface area contributed by atoms with E-state index in [4.69, 9.17) is 9.97 Å². The van der Waals surface area contributed by atoms with Crippen molar-refractivity contribution in [3.8, 4) is 22.3 Å². The number of unbranched alkanes of at least 4 members (excludes halogenated alkanes) is 3. The lowest BCUT2D eigenvalue weighted by atomic mass is 10.0. The molecule has 0 radical (unpaired) electrons. The van der Waals surface area contributed by atoms with E-state index in [1.54, 1.807) is 0 Å². The lowest BCUT2D eigenvalue weighted by Crippen LogP contribution is -2.05. The Hall–Kier alpha value is -5.16. The van der Waals surface area contributed by atoms with Crippen LogP contribution in [0.1, 0.15) is 55.4 Å². The van der Waals surface area contributed by atoms with Crippen molar-refractivity contribution in [3.05, 3.63) is 114 Å². The van der Waals surface area contributed by atoms with Gasteiger partial charge >= 0.3 is 0 Å². The van der Waals surface area contributed by atoms with Gasteiger partial charge in [0.25, 0.3) is 0 Å². The minimum absolute atomic E-state index is 0.875. The maximum absolute atomic E-state index is 5.23. The lowest BCUT2D eigenvalue weighted by molar-refractivity contribution is 0.685. The molecule has 5 nitrogen and oxygen atoms in total. The van der Waals surface area contributed by atoms with E-state index in [1.807, 2.05) is 12.1 Å². The van der Waals surface area contributed by atoms with Gasteiger partial charge in [0.2, 0.25) is 0 Å². The maximum Gasteiger partial charge on any atom is 0.0891 e. The highest BCUT2D eigenvalue weighted by Crippen LogP contribution is 2.35. The van der Waals surface area contributed by atoms with E-state index in [-0.39, 0.29) is 0 Å². The number of nitrogens with one attached hydrogen (secondary N) is 3. The summed E-state index contributed by atoms with van der Waals surface area (Å²) >= 11 is 0. The first-order valence-corrected chi connectivity index (χ1v) is 15.2. The fraction of sp³-hybridized carbons (Fsp3) is 0.158. The summed E-state index contributed by atoms with van der Waals surface area (Å²) in [5, 5.41) is 3.74. The molecule has 43 heavy (non-hydrogen) atoms. The summed E-state index contributed by atoms with van der Waals surface area (Å²) in [7, 11) is 0. The average molecular weight is 562 g/mol. The lowest BCUT2D eigenvalue weighted by Gasteiger charge is -2.09. The van der Waals surface area contributed by atoms with Gasteiger partial charge in [-0.1, -0.05) is 86.8 Å². The van der Waals surface area contributed by atoms with Crippen LogP contribution in [0.5, 0.6) is 0 Å². The van der Waals surface area contributed by atoms with Crippen molar-refractivity contribution in [3.63, 3.8) is 0 Å². The van der Waals surface area contributed by atoms with Crippen LogP contribution in [0, 0.1) is 0 Å². The Kier molecular flexibility index (Phi) is 7.45. The SMILES string of the molecule is CCCCCCNc1c2nc(c(-c3ccccc3)c3ccc(cc4ccc([nH]4)c(-c4ccccc4)c4nc1C=C4)[nH]3)C=C2. The zero-order chi connectivity index (χ0) is 29.0. The fourth-order valence-electron chi connectivity index (χ4n) is 5.90. The highest BCUT2D eigenvalue weighted by atomic mass is 14.9. The molecule has 2 aromatic carbocycles. The van der Waals surface area contributed by atoms with E-state index in [0.717, 1.165) is 85.7 Å². The van der Waals surface area contributed by atoms with Crippen molar-refractivity contribution in [1.82, 2.24) is 19.9 Å². The van der Waals surface area contributed by atoms with Crippen LogP contribution in [0.3, 0.4) is 0 Å². The number of H-pyrrole nitrogens is 2. The Morgan fingerprint density at radius 3 is 1.58 bits per heavy atom. The van der Waals surface area contributed by atoms with Crippen molar-refractivity contribution in [2.45, 2.75) is 32.6 Å². The molecular formula is C38H35N5. The van der Waals surface area contributed by atoms with Crippen LogP contribution in [0.4, 0.5) is 5.69 Å². The maximum atomic E-state index is 5.23. The largest absolute Gasteiger partial charge is 0.382 e. The number of anilines is 1. The topological polar surface area (TPSA) is 69.4 Å². The third-order valence-corrected chi connectivity index (χ3v) is 8.03. The molecule has 3 aromatic heterocycles. The number of nitrogens with zero attached hydrogens (tertiary/aromatic N) is 2. The zero-order valence-electron chi connectivity index (χ0n) is 24.4. The molecule has 5 heteroatoms. The molecular weight excluding hydrogens is 526 g/mol. The second kappa shape index (κ2) is 12.0. The van der Waals surface area contributed by atoms with Gasteiger partial charge in [0.05, 0.1) is 28.5 Å². The van der Waals surface area contributed by atoms with Crippen LogP contribution in [0.15, 0.2) is 91.0 Å². The normalized spacial score (nSPS) is 12.1. The van der Waals surface area contributed by atoms with Crippen molar-refractivity contribution >= 4 is 52.1 Å². The molecule has 2 aliphatic heterocycles. The summed E-state index contributed by atoms with van der Waals surface area (Å²) < 4.78 is 0. The van der Waals surface area contributed by atoms with Crippen LogP contribution in [-0.4, -0.2) is 26.5 Å². The molecule has 7 rings (SSSR count). The number of hydrogen-bond acceptors (Lipinski definition) is 3. The second-order valence-electron chi connectivity index (χ2n) is 11.1. The summed E-state index contributed by atoms with van der Waals surface area (Å²) in [6.07, 6.45) is 13.3. The van der Waals surface area contributed by atoms with Gasteiger partial charge in [0.15, 0.2) is 0 Å². The average Bonchev–Trinajstić information content (AvgIpc) is 3.86. The summed E-state index contributed by atoms with van der Waals surface area (Å²) in [4.78, 5) is 17.8. The summed E-state index contributed by atoms with van der Waals surface area (Å²) in [6.45, 7) is 3.12. The first-order chi connectivity index (χ1) is 21.3. The monoisotopic (exact) mass is 561 g/mol. The van der Waals surface area contributed by atoms with Gasteiger partial charge in [-0.3, -0.25) is 0 Å². The van der Waals surface area contributed by atoms with Crippen LogP contribution < -0.4 is 5.32 Å². The number of hydrogen-bond donors (Lipinski definition) is 3. The van der Waals surface area contributed by atoms with E-state index < -0.39 is 0 Å². The summed E-state index contributed by atoms with van der Waals surface area (Å²) in [5.41, 5.74) is 13.1. The highest BCUT2D eigenvalue weighted by molar-refractivity contribution is 5.95. The van der Waals surface area contributed by atoms with E-state index in [1.165, 1.54) is 19.3 Å². The van der Waals surface area contributed by atoms with Gasteiger partial charge in [0.1, 0.15) is 0 Å². The van der Waals surface area contributed by atoms with E-state index >= 15 is 0 Å². The Balaban J connectivity index is 1.53. The minimum Gasteiger partial charge on any atom is -0.382 e. The van der Waals surface area contributed by atoms with Gasteiger partial charge in [0, 0.05) is 39.7 Å². The Morgan fingerprint density at radius 1 is 0.558 bits per heavy atom. The molecule has 0 aliphatic carbocycles. The zero-order valence-corrected chi connectivity index (χ0v) is 24.4. The number of aromatic amines is 2. The number of rotatable bonds is 8. The van der Waals surface area contributed by atoms with Crippen molar-refractivity contribution in [2.75, 3.05) is 11.9 Å². The molecule has 0 spiro atoms. The smallest absolute Gasteiger partial charge is 0.0891 e. The van der Waals surface area contributed by atoms with Crippen LogP contribution >= 0.6 is 0 Å². The van der Waals surface area contributed by atoms with E-state index in [0.29, 0.717) is 0 Å². The Labute approximate surface area is 252 Å². The van der Waals surface area contributed by atoms with E-state index in [9.17, 15) is 0 Å². The third kappa shape index (κ3) is 5.54. The highest BCUT2D eigenvalue weighted by Gasteiger charge is 2.17. The van der Waals surface area contributed by atoms with Crippen LogP contribution in [-0.2, 0) is 0 Å². The summed E-state index contributed by atoms with van der Waals surface area (Å²) in [6, 6.07) is 31.7. The first kappa shape index (κ1) is 26.7. The molecule has 0 atom stereocenters. The predicted octanol–water partition coefficient (Wildman–Crippen LogP) is 9.98. The molecule has 0 fully saturated rings. The molecule has 3 N–H and O–H groups in total. The molecule has 8 bridgehead atoms. The Morgan fingerprint density at radius 2 is 1.07 bits per heavy atom. The van der Waals surface area contributed by atoms with Gasteiger partial charge in [-0.15, -0.1) is 0 Å². The fourth-order valence-corrected chi connectivity index (χ4v) is 5.90. The van der Waals surface area contributed by atoms with Crippen molar-refractivity contribution < 1.29 is 0 Å². The molecule has 5 heterocycles. The van der Waals surface area contributed by atoms with Crippen molar-refractivity contribution in [2.24, 2.45) is 0 Å². The van der Waals surface area contributed by atoms with Crippen LogP contribution in [0.2, 0.25) is 0 Å². The second-order valence-corrected chi connectivity index (χ2v) is 11.1. The molecule has 0 amide bonds. The standard InChI is InChI=1S/C38H35N5/c1-2-3-4-11-24-39-38-34-22-20-32(42-34)36(26-12-7-5-8-13-26)30-18-16-28(40-30)25-29-17-19-31(41-29)37(27-14-9-6-10-15-27)33-21-23-35(38)43-33/h5-10,12-23,25,39-41H,2-4,11,24H2,1H3. The molecule has 5 aromatic rings. The van der Waals surface area contributed by atoms with Crippen molar-refractivity contribution in [1.29, 1.82) is 0 Å². The predicted molar refractivity (Wildman–Crippen MR) is 182 cm³/mol. The number of fused-ring (bicyclic) bond motifs is 8. The van der Waals surface area contributed by atoms with Gasteiger partial charge in [-0.25, -0.2) is 9.97 Å². The van der Waals surface area contributed by atoms with Gasteiger partial charge in [-0.05, 0) is 72.2 Å². The first-order valence-electron chi connectivity index (χ1n) is 15.2. The van der Waals surface area contributed by atoms with Gasteiger partial charge in [-0.2, -0.15) is 0 Å². The van der Waals surface area contributed by atoms with Crippen LogP contribution in [0.25, 0.3) is 68.6 Å². The minimum atomic E-state index is 0.875. The third-order valence-electron chi connectivity index (χ3n) is 8.03. The molecule has 0 saturated heterocycles. The summed E-state index contributed by atoms with van der Waals surface area (Å²) in [5.74, 6) is 0. The molecule has 2 aliphatic rings.